The molecule has 116 valence electrons. The Morgan fingerprint density at radius 2 is 2.04 bits per heavy atom. The Morgan fingerprint density at radius 3 is 2.70 bits per heavy atom. The molecular weight excluding hydrogens is 314 g/mol. The number of nitrogens with two attached hydrogens (primary N) is 2. The van der Waals surface area contributed by atoms with E-state index in [1.807, 2.05) is 19.1 Å². The van der Waals surface area contributed by atoms with Crippen LogP contribution < -0.4 is 11.5 Å². The number of carbonyl (C=O) groups is 1. The van der Waals surface area contributed by atoms with E-state index in [4.69, 9.17) is 23.1 Å². The fourth-order valence-corrected chi connectivity index (χ4v) is 2.66. The largest absolute Gasteiger partial charge is 0.368 e. The summed E-state index contributed by atoms with van der Waals surface area (Å²) in [6, 6.07) is 8.79. The van der Waals surface area contributed by atoms with Gasteiger partial charge in [-0.3, -0.25) is 4.79 Å². The first kappa shape index (κ1) is 15.1. The molecule has 0 spiro atoms. The van der Waals surface area contributed by atoms with E-state index in [9.17, 15) is 4.79 Å². The van der Waals surface area contributed by atoms with Crippen LogP contribution in [0.4, 0.5) is 5.95 Å². The van der Waals surface area contributed by atoms with Crippen LogP contribution in [0.5, 0.6) is 0 Å². The van der Waals surface area contributed by atoms with Crippen molar-refractivity contribution in [3.63, 3.8) is 0 Å². The molecular formula is C16H14ClN5O. The predicted octanol–water partition coefficient (Wildman–Crippen LogP) is 2.78. The number of nitrogens with one attached hydrogen (secondary N) is 1. The van der Waals surface area contributed by atoms with Crippen molar-refractivity contribution >= 4 is 23.5 Å². The monoisotopic (exact) mass is 327 g/mol. The second-order valence-electron chi connectivity index (χ2n) is 5.10. The number of hydrogen-bond donors (Lipinski definition) is 3. The molecule has 1 amide bonds. The number of anilines is 1. The van der Waals surface area contributed by atoms with Crippen molar-refractivity contribution < 1.29 is 4.79 Å². The number of amides is 1. The van der Waals surface area contributed by atoms with Gasteiger partial charge in [-0.1, -0.05) is 17.7 Å². The van der Waals surface area contributed by atoms with Gasteiger partial charge in [-0.15, -0.1) is 0 Å². The van der Waals surface area contributed by atoms with Gasteiger partial charge in [-0.2, -0.15) is 0 Å². The van der Waals surface area contributed by atoms with Gasteiger partial charge < -0.3 is 16.5 Å². The van der Waals surface area contributed by atoms with Gasteiger partial charge in [0.15, 0.2) is 0 Å². The van der Waals surface area contributed by atoms with Gasteiger partial charge >= 0.3 is 0 Å². The van der Waals surface area contributed by atoms with Crippen LogP contribution >= 0.6 is 11.6 Å². The van der Waals surface area contributed by atoms with E-state index in [1.165, 1.54) is 0 Å². The quantitative estimate of drug-likeness (QED) is 0.686. The minimum atomic E-state index is -0.529. The maximum Gasteiger partial charge on any atom is 0.250 e. The Balaban J connectivity index is 2.19. The summed E-state index contributed by atoms with van der Waals surface area (Å²) in [6.45, 7) is 1.91. The molecule has 0 aliphatic carbocycles. The lowest BCUT2D eigenvalue weighted by Crippen LogP contribution is -2.11. The number of carbonyl (C=O) groups excluding carboxylic acids is 1. The summed E-state index contributed by atoms with van der Waals surface area (Å²) in [4.78, 5) is 23.0. The Hall–Kier alpha value is -2.86. The first-order valence-electron chi connectivity index (χ1n) is 6.84. The van der Waals surface area contributed by atoms with Crippen LogP contribution in [0.2, 0.25) is 5.02 Å². The molecule has 6 nitrogen and oxygen atoms in total. The number of aromatic amines is 1. The first-order chi connectivity index (χ1) is 11.0. The normalized spacial score (nSPS) is 10.7. The molecule has 3 aromatic rings. The van der Waals surface area contributed by atoms with Crippen molar-refractivity contribution in [3.05, 3.63) is 52.7 Å². The number of benzene rings is 1. The second-order valence-corrected chi connectivity index (χ2v) is 5.53. The molecule has 23 heavy (non-hydrogen) atoms. The van der Waals surface area contributed by atoms with E-state index >= 15 is 0 Å². The lowest BCUT2D eigenvalue weighted by atomic mass is 10.0. The van der Waals surface area contributed by atoms with E-state index < -0.39 is 5.91 Å². The zero-order chi connectivity index (χ0) is 16.6. The van der Waals surface area contributed by atoms with E-state index in [0.717, 1.165) is 11.1 Å². The minimum Gasteiger partial charge on any atom is -0.368 e. The summed E-state index contributed by atoms with van der Waals surface area (Å²) in [5, 5.41) is 0.627. The number of rotatable bonds is 3. The van der Waals surface area contributed by atoms with Crippen LogP contribution in [0.25, 0.3) is 22.6 Å². The highest BCUT2D eigenvalue weighted by Gasteiger charge is 2.17. The molecule has 0 atom stereocenters. The van der Waals surface area contributed by atoms with Crippen molar-refractivity contribution in [1.82, 2.24) is 15.0 Å². The van der Waals surface area contributed by atoms with Crippen molar-refractivity contribution in [3.8, 4) is 22.6 Å². The van der Waals surface area contributed by atoms with Gasteiger partial charge in [0.05, 0.1) is 22.6 Å². The summed E-state index contributed by atoms with van der Waals surface area (Å²) in [5.41, 5.74) is 15.1. The number of aryl methyl sites for hydroxylation is 1. The third-order valence-electron chi connectivity index (χ3n) is 3.49. The molecule has 5 N–H and O–H groups in total. The molecule has 3 rings (SSSR count). The topological polar surface area (TPSA) is 111 Å². The molecule has 0 aliphatic rings. The standard InChI is InChI=1S/C16H14ClN5O/c1-8-6-9(17)2-3-10(8)14-11(15(18)23)7-13(21-14)12-4-5-20-16(19)22-12/h2-7,21H,1H3,(H2,18,23)(H2,19,20,22). The third kappa shape index (κ3) is 2.89. The molecule has 0 radical (unpaired) electrons. The second kappa shape index (κ2) is 5.73. The number of hydrogen-bond acceptors (Lipinski definition) is 4. The van der Waals surface area contributed by atoms with Crippen LogP contribution in [0.15, 0.2) is 36.5 Å². The Kier molecular flexibility index (Phi) is 3.75. The highest BCUT2D eigenvalue weighted by Crippen LogP contribution is 2.31. The van der Waals surface area contributed by atoms with Crippen LogP contribution in [0.1, 0.15) is 15.9 Å². The smallest absolute Gasteiger partial charge is 0.250 e. The third-order valence-corrected chi connectivity index (χ3v) is 3.73. The van der Waals surface area contributed by atoms with Crippen molar-refractivity contribution in [2.75, 3.05) is 5.73 Å². The maximum absolute atomic E-state index is 11.8. The van der Waals surface area contributed by atoms with Gasteiger partial charge in [0.1, 0.15) is 0 Å². The van der Waals surface area contributed by atoms with Gasteiger partial charge in [0, 0.05) is 16.8 Å². The van der Waals surface area contributed by atoms with Crippen molar-refractivity contribution in [2.45, 2.75) is 6.92 Å². The summed E-state index contributed by atoms with van der Waals surface area (Å²) < 4.78 is 0. The molecule has 2 aromatic heterocycles. The van der Waals surface area contributed by atoms with Crippen molar-refractivity contribution in [2.24, 2.45) is 5.73 Å². The van der Waals surface area contributed by atoms with Crippen molar-refractivity contribution in [1.29, 1.82) is 0 Å². The van der Waals surface area contributed by atoms with Gasteiger partial charge in [0.25, 0.3) is 5.91 Å². The van der Waals surface area contributed by atoms with Crippen LogP contribution in [0, 0.1) is 6.92 Å². The number of aromatic nitrogens is 3. The zero-order valence-corrected chi connectivity index (χ0v) is 13.1. The Labute approximate surface area is 137 Å². The number of primary amides is 1. The van der Waals surface area contributed by atoms with E-state index in [0.29, 0.717) is 27.7 Å². The van der Waals surface area contributed by atoms with Gasteiger partial charge in [-0.25, -0.2) is 9.97 Å². The summed E-state index contributed by atoms with van der Waals surface area (Å²) in [6.07, 6.45) is 1.55. The van der Waals surface area contributed by atoms with Crippen LogP contribution in [0.3, 0.4) is 0 Å². The van der Waals surface area contributed by atoms with Gasteiger partial charge in [-0.05, 0) is 36.8 Å². The molecule has 0 saturated carbocycles. The zero-order valence-electron chi connectivity index (χ0n) is 12.3. The average molecular weight is 328 g/mol. The first-order valence-corrected chi connectivity index (χ1v) is 7.21. The Morgan fingerprint density at radius 1 is 1.26 bits per heavy atom. The summed E-state index contributed by atoms with van der Waals surface area (Å²) in [7, 11) is 0. The number of nitrogen functional groups attached to an aromatic ring is 1. The average Bonchev–Trinajstić information content (AvgIpc) is 2.92. The highest BCUT2D eigenvalue weighted by atomic mass is 35.5. The van der Waals surface area contributed by atoms with E-state index in [2.05, 4.69) is 15.0 Å². The Bertz CT molecular complexity index is 903. The number of H-pyrrole nitrogens is 1. The van der Waals surface area contributed by atoms with Crippen LogP contribution in [-0.2, 0) is 0 Å². The predicted molar refractivity (Wildman–Crippen MR) is 89.9 cm³/mol. The molecule has 7 heteroatoms. The lowest BCUT2D eigenvalue weighted by molar-refractivity contribution is 0.100. The summed E-state index contributed by atoms with van der Waals surface area (Å²) in [5.74, 6) is -0.374. The number of nitrogens with zero attached hydrogens (tertiary/aromatic N) is 2. The van der Waals surface area contributed by atoms with E-state index in [1.54, 1.807) is 24.4 Å². The fraction of sp³-hybridized carbons (Fsp3) is 0.0625. The molecule has 1 aromatic carbocycles. The SMILES string of the molecule is Cc1cc(Cl)ccc1-c1[nH]c(-c2ccnc(N)n2)cc1C(N)=O. The molecule has 0 bridgehead atoms. The maximum atomic E-state index is 11.8. The molecule has 0 unspecified atom stereocenters. The fourth-order valence-electron chi connectivity index (χ4n) is 2.43. The molecule has 2 heterocycles. The molecule has 0 aliphatic heterocycles. The number of halogens is 1. The summed E-state index contributed by atoms with van der Waals surface area (Å²) >= 11 is 5.99. The highest BCUT2D eigenvalue weighted by molar-refractivity contribution is 6.30. The van der Waals surface area contributed by atoms with E-state index in [-0.39, 0.29) is 5.95 Å². The van der Waals surface area contributed by atoms with Gasteiger partial charge in [0.2, 0.25) is 5.95 Å². The molecule has 0 saturated heterocycles. The molecule has 0 fully saturated rings. The van der Waals surface area contributed by atoms with Crippen LogP contribution in [-0.4, -0.2) is 20.9 Å². The minimum absolute atomic E-state index is 0.155. The lowest BCUT2D eigenvalue weighted by Gasteiger charge is -2.06.